The molecule has 4 rings (SSSR count). The van der Waals surface area contributed by atoms with Gasteiger partial charge in [-0.1, -0.05) is 15.9 Å². The molecule has 2 N–H and O–H groups in total. The lowest BCUT2D eigenvalue weighted by Gasteiger charge is -2.35. The summed E-state index contributed by atoms with van der Waals surface area (Å²) in [5.41, 5.74) is -0.498. The number of halogens is 5. The van der Waals surface area contributed by atoms with E-state index in [9.17, 15) is 27.2 Å². The zero-order valence-electron chi connectivity index (χ0n) is 14.1. The fourth-order valence-corrected chi connectivity index (χ4v) is 4.42. The van der Waals surface area contributed by atoms with Crippen LogP contribution in [0.1, 0.15) is 35.7 Å². The predicted octanol–water partition coefficient (Wildman–Crippen LogP) is 3.98. The third-order valence-corrected chi connectivity index (χ3v) is 5.69. The van der Waals surface area contributed by atoms with Crippen molar-refractivity contribution >= 4 is 27.6 Å². The summed E-state index contributed by atoms with van der Waals surface area (Å²) in [6, 6.07) is 1.48. The summed E-state index contributed by atoms with van der Waals surface area (Å²) in [6.07, 6.45) is -2.97. The van der Waals surface area contributed by atoms with E-state index in [-0.39, 0.29) is 27.8 Å². The molecule has 0 radical (unpaired) electrons. The molecular formula is C17H13BrF4N4O2. The van der Waals surface area contributed by atoms with Crippen molar-refractivity contribution in [2.24, 2.45) is 0 Å². The van der Waals surface area contributed by atoms with E-state index in [4.69, 9.17) is 0 Å². The Bertz CT molecular complexity index is 1020. The van der Waals surface area contributed by atoms with Gasteiger partial charge in [0.25, 0.3) is 5.56 Å². The standard InChI is InChI=1S/C17H13BrF4N4O2/c18-10-6-12(11(19)5-9(10)17(20,21)22)23-16(28)26-8-1-2-13(26)15-7(3-8)4-14(27)24-25-15/h4-6,8,13H,1-3H2,(H,23,28)(H,24,27)/t8-,13+/m0/s1. The molecule has 148 valence electrons. The van der Waals surface area contributed by atoms with Gasteiger partial charge in [0.15, 0.2) is 0 Å². The number of hydrogen-bond donors (Lipinski definition) is 2. The third kappa shape index (κ3) is 3.17. The number of carbonyl (C=O) groups is 1. The summed E-state index contributed by atoms with van der Waals surface area (Å²) < 4.78 is 52.4. The minimum atomic E-state index is -4.72. The van der Waals surface area contributed by atoms with E-state index in [2.05, 4.69) is 31.4 Å². The van der Waals surface area contributed by atoms with Gasteiger partial charge in [0.2, 0.25) is 0 Å². The van der Waals surface area contributed by atoms with E-state index in [0.29, 0.717) is 31.0 Å². The average molecular weight is 461 g/mol. The SMILES string of the molecule is O=C(Nc1cc(Br)c(C(F)(F)F)cc1F)N1[C@H]2CC[C@@H]1c1n[nH]c(=O)cc1C2. The number of amides is 2. The van der Waals surface area contributed by atoms with Gasteiger partial charge in [-0.25, -0.2) is 14.3 Å². The largest absolute Gasteiger partial charge is 0.417 e. The van der Waals surface area contributed by atoms with Crippen LogP contribution in [0.2, 0.25) is 0 Å². The van der Waals surface area contributed by atoms with Gasteiger partial charge in [0.1, 0.15) is 5.82 Å². The van der Waals surface area contributed by atoms with E-state index >= 15 is 0 Å². The predicted molar refractivity (Wildman–Crippen MR) is 94.3 cm³/mol. The van der Waals surface area contributed by atoms with E-state index in [1.165, 1.54) is 11.0 Å². The first-order valence-corrected chi connectivity index (χ1v) is 9.18. The minimum Gasteiger partial charge on any atom is -0.313 e. The van der Waals surface area contributed by atoms with E-state index in [0.717, 1.165) is 11.6 Å². The lowest BCUT2D eigenvalue weighted by Crippen LogP contribution is -2.45. The highest BCUT2D eigenvalue weighted by molar-refractivity contribution is 9.10. The maximum Gasteiger partial charge on any atom is 0.417 e. The Morgan fingerprint density at radius 1 is 1.29 bits per heavy atom. The van der Waals surface area contributed by atoms with Crippen LogP contribution in [0.5, 0.6) is 0 Å². The molecule has 2 aromatic rings. The zero-order chi connectivity index (χ0) is 20.2. The Kier molecular flexibility index (Phi) is 4.44. The number of alkyl halides is 3. The maximum atomic E-state index is 14.2. The lowest BCUT2D eigenvalue weighted by molar-refractivity contribution is -0.138. The highest BCUT2D eigenvalue weighted by Gasteiger charge is 2.44. The third-order valence-electron chi connectivity index (χ3n) is 5.03. The zero-order valence-corrected chi connectivity index (χ0v) is 15.7. The minimum absolute atomic E-state index is 0.193. The fraction of sp³-hybridized carbons (Fsp3) is 0.353. The van der Waals surface area contributed by atoms with Crippen molar-refractivity contribution < 1.29 is 22.4 Å². The molecule has 1 fully saturated rings. The second-order valence-electron chi connectivity index (χ2n) is 6.74. The molecule has 2 aliphatic heterocycles. The number of urea groups is 1. The summed E-state index contributed by atoms with van der Waals surface area (Å²) in [4.78, 5) is 25.7. The van der Waals surface area contributed by atoms with Crippen LogP contribution < -0.4 is 10.9 Å². The second-order valence-corrected chi connectivity index (χ2v) is 7.60. The molecule has 2 aliphatic rings. The number of benzene rings is 1. The molecule has 0 unspecified atom stereocenters. The number of aromatic amines is 1. The molecule has 1 saturated heterocycles. The molecule has 2 bridgehead atoms. The van der Waals surface area contributed by atoms with Gasteiger partial charge in [0.05, 0.1) is 23.0 Å². The van der Waals surface area contributed by atoms with Gasteiger partial charge in [0, 0.05) is 16.6 Å². The smallest absolute Gasteiger partial charge is 0.313 e. The van der Waals surface area contributed by atoms with Crippen LogP contribution in [0.3, 0.4) is 0 Å². The van der Waals surface area contributed by atoms with Gasteiger partial charge in [-0.05, 0) is 37.0 Å². The van der Waals surface area contributed by atoms with Crippen LogP contribution >= 0.6 is 15.9 Å². The Labute approximate surface area is 164 Å². The van der Waals surface area contributed by atoms with E-state index < -0.39 is 23.6 Å². The average Bonchev–Trinajstić information content (AvgIpc) is 2.92. The Morgan fingerprint density at radius 3 is 2.75 bits per heavy atom. The number of nitrogens with one attached hydrogen (secondary N) is 2. The summed E-state index contributed by atoms with van der Waals surface area (Å²) in [7, 11) is 0. The van der Waals surface area contributed by atoms with Crippen LogP contribution in [0.15, 0.2) is 27.5 Å². The highest BCUT2D eigenvalue weighted by Crippen LogP contribution is 2.43. The van der Waals surface area contributed by atoms with Crippen molar-refractivity contribution in [3.63, 3.8) is 0 Å². The molecule has 0 saturated carbocycles. The maximum absolute atomic E-state index is 14.2. The highest BCUT2D eigenvalue weighted by atomic mass is 79.9. The second kappa shape index (κ2) is 6.57. The van der Waals surface area contributed by atoms with E-state index in [1.807, 2.05) is 0 Å². The van der Waals surface area contributed by atoms with Crippen LogP contribution in [-0.4, -0.2) is 27.2 Å². The molecule has 1 aromatic carbocycles. The van der Waals surface area contributed by atoms with Crippen LogP contribution in [-0.2, 0) is 12.6 Å². The number of nitrogens with zero attached hydrogens (tertiary/aromatic N) is 2. The first-order chi connectivity index (χ1) is 13.1. The van der Waals surface area contributed by atoms with Crippen LogP contribution in [0.4, 0.5) is 28.0 Å². The molecule has 6 nitrogen and oxygen atoms in total. The van der Waals surface area contributed by atoms with Crippen molar-refractivity contribution in [1.29, 1.82) is 0 Å². The van der Waals surface area contributed by atoms with Gasteiger partial charge < -0.3 is 10.2 Å². The fourth-order valence-electron chi connectivity index (χ4n) is 3.86. The quantitative estimate of drug-likeness (QED) is 0.631. The Balaban J connectivity index is 1.61. The number of aromatic nitrogens is 2. The van der Waals surface area contributed by atoms with Crippen molar-refractivity contribution in [3.05, 3.63) is 55.7 Å². The normalized spacial score (nSPS) is 20.8. The lowest BCUT2D eigenvalue weighted by atomic mass is 9.99. The summed E-state index contributed by atoms with van der Waals surface area (Å²) >= 11 is 2.77. The van der Waals surface area contributed by atoms with Gasteiger partial charge in [-0.2, -0.15) is 18.3 Å². The number of H-pyrrole nitrogens is 1. The van der Waals surface area contributed by atoms with Gasteiger partial charge >= 0.3 is 12.2 Å². The Morgan fingerprint density at radius 2 is 2.04 bits per heavy atom. The van der Waals surface area contributed by atoms with Gasteiger partial charge in [-0.15, -0.1) is 0 Å². The van der Waals surface area contributed by atoms with Crippen molar-refractivity contribution in [2.75, 3.05) is 5.32 Å². The molecule has 0 spiro atoms. The molecule has 28 heavy (non-hydrogen) atoms. The molecular weight excluding hydrogens is 448 g/mol. The first-order valence-electron chi connectivity index (χ1n) is 8.39. The van der Waals surface area contributed by atoms with Crippen molar-refractivity contribution in [2.45, 2.75) is 37.5 Å². The molecule has 0 aliphatic carbocycles. The summed E-state index contributed by atoms with van der Waals surface area (Å²) in [5.74, 6) is -1.18. The first kappa shape index (κ1) is 18.9. The molecule has 1 aromatic heterocycles. The Hall–Kier alpha value is -2.43. The number of hydrogen-bond acceptors (Lipinski definition) is 3. The van der Waals surface area contributed by atoms with Crippen molar-refractivity contribution in [3.8, 4) is 0 Å². The number of carbonyl (C=O) groups excluding carboxylic acids is 1. The van der Waals surface area contributed by atoms with Gasteiger partial charge in [-0.3, -0.25) is 4.79 Å². The monoisotopic (exact) mass is 460 g/mol. The summed E-state index contributed by atoms with van der Waals surface area (Å²) in [5, 5.41) is 8.75. The number of rotatable bonds is 1. The molecule has 11 heteroatoms. The number of anilines is 1. The van der Waals surface area contributed by atoms with E-state index in [1.54, 1.807) is 0 Å². The molecule has 2 atom stereocenters. The number of fused-ring (bicyclic) bond motifs is 4. The van der Waals surface area contributed by atoms with Crippen LogP contribution in [0.25, 0.3) is 0 Å². The molecule has 3 heterocycles. The topological polar surface area (TPSA) is 78.1 Å². The van der Waals surface area contributed by atoms with Crippen LogP contribution in [0, 0.1) is 5.82 Å². The van der Waals surface area contributed by atoms with Crippen molar-refractivity contribution in [1.82, 2.24) is 15.1 Å². The molecule has 2 amide bonds. The summed E-state index contributed by atoms with van der Waals surface area (Å²) in [6.45, 7) is 0.